The topological polar surface area (TPSA) is 67.3 Å². The summed E-state index contributed by atoms with van der Waals surface area (Å²) in [6, 6.07) is 81.5. The summed E-state index contributed by atoms with van der Waals surface area (Å²) in [6.45, 7) is 0. The summed E-state index contributed by atoms with van der Waals surface area (Å²) in [5.74, 6) is 0. The lowest BCUT2D eigenvalue weighted by Gasteiger charge is -2.21. The highest BCUT2D eigenvalue weighted by molar-refractivity contribution is 6.28. The Kier molecular flexibility index (Phi) is 8.01. The summed E-state index contributed by atoms with van der Waals surface area (Å²) in [4.78, 5) is 0. The quantitative estimate of drug-likeness (QED) is 0.173. The van der Waals surface area contributed by atoms with Crippen LogP contribution in [0.5, 0.6) is 0 Å². The Bertz CT molecular complexity index is 4500. The fourth-order valence-corrected chi connectivity index (χ4v) is 11.4. The fourth-order valence-electron chi connectivity index (χ4n) is 11.4. The molecular formula is C62H36N6. The van der Waals surface area contributed by atoms with Gasteiger partial charge in [-0.25, -0.2) is 0 Å². The molecule has 14 rings (SSSR count). The monoisotopic (exact) mass is 864 g/mol. The van der Waals surface area contributed by atoms with Crippen LogP contribution in [0.4, 0.5) is 0 Å². The maximum absolute atomic E-state index is 12.0. The molecule has 10 aromatic carbocycles. The fraction of sp³-hybridized carbons (Fsp3) is 0. The SMILES string of the molecule is N#Cc1cc(-n2c3ccccc3c3c2ccc2c4ccccc4n(-c4ccccc4)c23)c(C#N)c(-n2c3ccccc3c3c2ccc2c4ccccc4n(-c4ccccc4)c23)c1-c1ccccc1. The van der Waals surface area contributed by atoms with Crippen molar-refractivity contribution in [3.8, 4) is 46.0 Å². The number of fused-ring (bicyclic) bond motifs is 14. The second-order valence-electron chi connectivity index (χ2n) is 17.4. The van der Waals surface area contributed by atoms with Gasteiger partial charge in [0.2, 0.25) is 0 Å². The standard InChI is InChI=1S/C62H36N6/c63-37-40-36-56(67-52-30-16-12-26-47(52)58-54(67)34-32-45-43-24-10-14-28-50(43)65(60(45)58)41-20-6-2-7-21-41)49(38-64)62(57(40)39-18-4-1-5-19-39)68-53-31-17-13-27-48(53)59-55(68)35-33-46-44-25-11-15-29-51(44)66(61(46)59)42-22-8-3-9-23-42/h1-36H. The van der Waals surface area contributed by atoms with Gasteiger partial charge in [0, 0.05) is 60.0 Å². The maximum atomic E-state index is 12.0. The van der Waals surface area contributed by atoms with Gasteiger partial charge in [-0.3, -0.25) is 0 Å². The van der Waals surface area contributed by atoms with E-state index in [1.807, 2.05) is 36.4 Å². The Hall–Kier alpha value is -9.62. The van der Waals surface area contributed by atoms with Crippen LogP contribution >= 0.6 is 0 Å². The molecule has 4 aromatic heterocycles. The summed E-state index contributed by atoms with van der Waals surface area (Å²) in [5, 5.41) is 32.3. The third-order valence-corrected chi connectivity index (χ3v) is 14.0. The van der Waals surface area contributed by atoms with Crippen molar-refractivity contribution in [2.75, 3.05) is 0 Å². The average molecular weight is 865 g/mol. The molecule has 0 saturated heterocycles. The molecule has 314 valence electrons. The van der Waals surface area contributed by atoms with Crippen LogP contribution in [0.2, 0.25) is 0 Å². The van der Waals surface area contributed by atoms with Gasteiger partial charge in [0.15, 0.2) is 0 Å². The van der Waals surface area contributed by atoms with Gasteiger partial charge in [-0.1, -0.05) is 152 Å². The first kappa shape index (κ1) is 37.7. The predicted molar refractivity (Wildman–Crippen MR) is 279 cm³/mol. The predicted octanol–water partition coefficient (Wildman–Crippen LogP) is 15.5. The average Bonchev–Trinajstić information content (AvgIpc) is 4.13. The van der Waals surface area contributed by atoms with E-state index in [2.05, 4.69) is 212 Å². The Labute approximate surface area is 389 Å². The second kappa shape index (κ2) is 14.4. The van der Waals surface area contributed by atoms with Gasteiger partial charge in [0.1, 0.15) is 11.6 Å². The van der Waals surface area contributed by atoms with E-state index < -0.39 is 0 Å². The third-order valence-electron chi connectivity index (χ3n) is 14.0. The first-order valence-corrected chi connectivity index (χ1v) is 22.8. The smallest absolute Gasteiger partial charge is 0.104 e. The van der Waals surface area contributed by atoms with Crippen molar-refractivity contribution in [1.29, 1.82) is 10.5 Å². The third kappa shape index (κ3) is 5.09. The molecular weight excluding hydrogens is 829 g/mol. The van der Waals surface area contributed by atoms with Crippen molar-refractivity contribution >= 4 is 87.2 Å². The van der Waals surface area contributed by atoms with E-state index in [0.29, 0.717) is 28.1 Å². The molecule has 0 saturated carbocycles. The molecule has 0 unspecified atom stereocenters. The first-order valence-electron chi connectivity index (χ1n) is 22.8. The number of hydrogen-bond acceptors (Lipinski definition) is 2. The second-order valence-corrected chi connectivity index (χ2v) is 17.4. The van der Waals surface area contributed by atoms with Crippen LogP contribution in [-0.4, -0.2) is 18.3 Å². The lowest BCUT2D eigenvalue weighted by Crippen LogP contribution is -2.08. The summed E-state index contributed by atoms with van der Waals surface area (Å²) in [6.07, 6.45) is 0. The highest BCUT2D eigenvalue weighted by Crippen LogP contribution is 2.48. The molecule has 68 heavy (non-hydrogen) atoms. The first-order chi connectivity index (χ1) is 33.7. The highest BCUT2D eigenvalue weighted by Gasteiger charge is 2.29. The largest absolute Gasteiger partial charge is 0.309 e. The van der Waals surface area contributed by atoms with Crippen LogP contribution in [0.1, 0.15) is 11.1 Å². The molecule has 6 heteroatoms. The normalized spacial score (nSPS) is 11.8. The summed E-state index contributed by atoms with van der Waals surface area (Å²) in [5.41, 5.74) is 14.0. The van der Waals surface area contributed by atoms with Crippen LogP contribution in [0.25, 0.3) is 121 Å². The van der Waals surface area contributed by atoms with E-state index in [9.17, 15) is 10.5 Å². The Morgan fingerprint density at radius 2 is 0.735 bits per heavy atom. The van der Waals surface area contributed by atoms with Crippen molar-refractivity contribution in [3.05, 3.63) is 230 Å². The van der Waals surface area contributed by atoms with Crippen LogP contribution in [-0.2, 0) is 0 Å². The Balaban J connectivity index is 1.17. The number of nitrogens with zero attached hydrogens (tertiary/aromatic N) is 6. The van der Waals surface area contributed by atoms with Gasteiger partial charge >= 0.3 is 0 Å². The van der Waals surface area contributed by atoms with E-state index in [4.69, 9.17) is 0 Å². The zero-order valence-electron chi connectivity index (χ0n) is 36.5. The molecule has 0 amide bonds. The summed E-state index contributed by atoms with van der Waals surface area (Å²) < 4.78 is 9.21. The van der Waals surface area contributed by atoms with Crippen LogP contribution < -0.4 is 0 Å². The molecule has 0 spiro atoms. The van der Waals surface area contributed by atoms with E-state index in [1.165, 1.54) is 0 Å². The summed E-state index contributed by atoms with van der Waals surface area (Å²) in [7, 11) is 0. The number of para-hydroxylation sites is 6. The maximum Gasteiger partial charge on any atom is 0.104 e. The molecule has 0 bridgehead atoms. The molecule has 0 fully saturated rings. The van der Waals surface area contributed by atoms with Crippen molar-refractivity contribution in [1.82, 2.24) is 18.3 Å². The lowest BCUT2D eigenvalue weighted by atomic mass is 9.93. The minimum absolute atomic E-state index is 0.459. The zero-order chi connectivity index (χ0) is 45.0. The van der Waals surface area contributed by atoms with Gasteiger partial charge < -0.3 is 18.3 Å². The van der Waals surface area contributed by atoms with Crippen LogP contribution in [0, 0.1) is 22.7 Å². The molecule has 0 radical (unpaired) electrons. The van der Waals surface area contributed by atoms with Crippen molar-refractivity contribution in [2.45, 2.75) is 0 Å². The van der Waals surface area contributed by atoms with Gasteiger partial charge in [-0.2, -0.15) is 10.5 Å². The van der Waals surface area contributed by atoms with Crippen molar-refractivity contribution in [2.24, 2.45) is 0 Å². The Morgan fingerprint density at radius 3 is 1.22 bits per heavy atom. The Morgan fingerprint density at radius 1 is 0.324 bits per heavy atom. The number of rotatable bonds is 5. The van der Waals surface area contributed by atoms with Gasteiger partial charge in [0.25, 0.3) is 0 Å². The molecule has 0 N–H and O–H groups in total. The molecule has 0 aliphatic carbocycles. The van der Waals surface area contributed by atoms with Crippen molar-refractivity contribution < 1.29 is 0 Å². The van der Waals surface area contributed by atoms with Gasteiger partial charge in [0.05, 0.1) is 67.1 Å². The highest BCUT2D eigenvalue weighted by atomic mass is 15.0. The number of nitriles is 2. The van der Waals surface area contributed by atoms with Gasteiger partial charge in [-0.15, -0.1) is 0 Å². The van der Waals surface area contributed by atoms with Crippen LogP contribution in [0.15, 0.2) is 218 Å². The minimum atomic E-state index is 0.459. The molecule has 0 atom stereocenters. The molecule has 0 aliphatic heterocycles. The van der Waals surface area contributed by atoms with E-state index >= 15 is 0 Å². The molecule has 0 aliphatic rings. The van der Waals surface area contributed by atoms with E-state index in [1.54, 1.807) is 0 Å². The van der Waals surface area contributed by atoms with E-state index in [0.717, 1.165) is 104 Å². The molecule has 4 heterocycles. The number of hydrogen-bond donors (Lipinski definition) is 0. The summed E-state index contributed by atoms with van der Waals surface area (Å²) >= 11 is 0. The van der Waals surface area contributed by atoms with Crippen LogP contribution in [0.3, 0.4) is 0 Å². The molecule has 6 nitrogen and oxygen atoms in total. The number of aromatic nitrogens is 4. The minimum Gasteiger partial charge on any atom is -0.309 e. The zero-order valence-corrected chi connectivity index (χ0v) is 36.5. The van der Waals surface area contributed by atoms with E-state index in [-0.39, 0.29) is 0 Å². The molecule has 14 aromatic rings. The van der Waals surface area contributed by atoms with Gasteiger partial charge in [-0.05, 0) is 72.3 Å². The number of benzene rings is 10. The van der Waals surface area contributed by atoms with Crippen molar-refractivity contribution in [3.63, 3.8) is 0 Å². The lowest BCUT2D eigenvalue weighted by molar-refractivity contribution is 1.11.